The maximum absolute atomic E-state index is 10.9. The van der Waals surface area contributed by atoms with Crippen molar-refractivity contribution in [2.45, 2.75) is 25.0 Å². The lowest BCUT2D eigenvalue weighted by atomic mass is 10.2. The van der Waals surface area contributed by atoms with Crippen molar-refractivity contribution >= 4 is 17.5 Å². The van der Waals surface area contributed by atoms with Crippen LogP contribution in [0.3, 0.4) is 0 Å². The van der Waals surface area contributed by atoms with Crippen LogP contribution >= 0.6 is 0 Å². The third kappa shape index (κ3) is 3.57. The monoisotopic (exact) mass is 297 g/mol. The maximum atomic E-state index is 10.9. The molecule has 1 aromatic rings. The van der Waals surface area contributed by atoms with Gasteiger partial charge < -0.3 is 19.9 Å². The van der Waals surface area contributed by atoms with Crippen molar-refractivity contribution < 1.29 is 24.3 Å². The molecule has 0 amide bonds. The number of carboxylic acid groups (broad SMARTS) is 1. The van der Waals surface area contributed by atoms with Crippen LogP contribution < -0.4 is 10.1 Å². The quantitative estimate of drug-likeness (QED) is 0.589. The predicted octanol–water partition coefficient (Wildman–Crippen LogP) is 1.04. The molecule has 0 radical (unpaired) electrons. The van der Waals surface area contributed by atoms with Gasteiger partial charge in [0.15, 0.2) is 6.10 Å². The molecule has 0 aliphatic carbocycles. The average Bonchev–Trinajstić information content (AvgIpc) is 2.93. The number of methoxy groups -OCH3 is 1. The number of pyridine rings is 1. The number of hydrogen-bond donors (Lipinski definition) is 2. The molecule has 0 spiro atoms. The van der Waals surface area contributed by atoms with E-state index in [1.165, 1.54) is 19.2 Å². The Morgan fingerprint density at radius 2 is 2.38 bits per heavy atom. The Kier molecular flexibility index (Phi) is 4.53. The number of aromatic nitrogens is 1. The van der Waals surface area contributed by atoms with Gasteiger partial charge in [-0.25, -0.2) is 4.79 Å². The molecule has 1 aliphatic rings. The molecule has 114 valence electrons. The van der Waals surface area contributed by atoms with Crippen molar-refractivity contribution in [1.82, 2.24) is 4.98 Å². The number of nitro groups is 1. The van der Waals surface area contributed by atoms with Crippen molar-refractivity contribution in [3.63, 3.8) is 0 Å². The summed E-state index contributed by atoms with van der Waals surface area (Å²) in [4.78, 5) is 25.1. The SMILES string of the molecule is COc1ccc([N+](=O)[O-])c(NCC2CCC(C(=O)O)O2)n1. The molecule has 1 fully saturated rings. The number of hydrogen-bond acceptors (Lipinski definition) is 7. The van der Waals surface area contributed by atoms with Crippen LogP contribution in [0.25, 0.3) is 0 Å². The van der Waals surface area contributed by atoms with Crippen LogP contribution in [0.5, 0.6) is 5.88 Å². The zero-order valence-electron chi connectivity index (χ0n) is 11.3. The molecule has 0 aromatic carbocycles. The van der Waals surface area contributed by atoms with E-state index in [0.717, 1.165) is 0 Å². The number of carbonyl (C=O) groups is 1. The molecule has 9 heteroatoms. The first-order valence-corrected chi connectivity index (χ1v) is 6.33. The summed E-state index contributed by atoms with van der Waals surface area (Å²) in [5.74, 6) is -0.677. The lowest BCUT2D eigenvalue weighted by Gasteiger charge is -2.13. The van der Waals surface area contributed by atoms with Crippen molar-refractivity contribution in [2.24, 2.45) is 0 Å². The van der Waals surface area contributed by atoms with Gasteiger partial charge in [-0.05, 0) is 12.8 Å². The molecule has 0 bridgehead atoms. The Hall–Kier alpha value is -2.42. The third-order valence-electron chi connectivity index (χ3n) is 3.13. The van der Waals surface area contributed by atoms with E-state index in [-0.39, 0.29) is 30.0 Å². The van der Waals surface area contributed by atoms with Gasteiger partial charge in [-0.1, -0.05) is 0 Å². The molecular weight excluding hydrogens is 282 g/mol. The molecular formula is C12H15N3O6. The Morgan fingerprint density at radius 1 is 1.62 bits per heavy atom. The van der Waals surface area contributed by atoms with Crippen LogP contribution in [0.1, 0.15) is 12.8 Å². The highest BCUT2D eigenvalue weighted by molar-refractivity contribution is 5.72. The van der Waals surface area contributed by atoms with Crippen molar-refractivity contribution in [2.75, 3.05) is 19.0 Å². The minimum atomic E-state index is -0.997. The van der Waals surface area contributed by atoms with Gasteiger partial charge in [0.2, 0.25) is 11.7 Å². The highest BCUT2D eigenvalue weighted by atomic mass is 16.6. The van der Waals surface area contributed by atoms with Gasteiger partial charge in [-0.3, -0.25) is 10.1 Å². The highest BCUT2D eigenvalue weighted by Gasteiger charge is 2.30. The summed E-state index contributed by atoms with van der Waals surface area (Å²) in [6.45, 7) is 0.241. The summed E-state index contributed by atoms with van der Waals surface area (Å²) >= 11 is 0. The topological polar surface area (TPSA) is 124 Å². The molecule has 2 heterocycles. The Balaban J connectivity index is 2.02. The highest BCUT2D eigenvalue weighted by Crippen LogP contribution is 2.26. The van der Waals surface area contributed by atoms with E-state index < -0.39 is 17.0 Å². The van der Waals surface area contributed by atoms with E-state index in [1.54, 1.807) is 0 Å². The van der Waals surface area contributed by atoms with Crippen molar-refractivity contribution in [3.8, 4) is 5.88 Å². The zero-order valence-corrected chi connectivity index (χ0v) is 11.3. The first-order valence-electron chi connectivity index (χ1n) is 6.33. The first-order chi connectivity index (χ1) is 10.0. The Labute approximate surface area is 120 Å². The second-order valence-electron chi connectivity index (χ2n) is 4.52. The molecule has 1 saturated heterocycles. The van der Waals surface area contributed by atoms with Crippen molar-refractivity contribution in [1.29, 1.82) is 0 Å². The normalized spacial score (nSPS) is 21.0. The van der Waals surface area contributed by atoms with Gasteiger partial charge in [0.25, 0.3) is 0 Å². The molecule has 9 nitrogen and oxygen atoms in total. The Bertz CT molecular complexity index is 550. The number of nitrogens with zero attached hydrogens (tertiary/aromatic N) is 2. The van der Waals surface area contributed by atoms with E-state index in [2.05, 4.69) is 10.3 Å². The molecule has 2 unspecified atom stereocenters. The van der Waals surface area contributed by atoms with Crippen LogP contribution in [0, 0.1) is 10.1 Å². The largest absolute Gasteiger partial charge is 0.481 e. The molecule has 21 heavy (non-hydrogen) atoms. The molecule has 1 aromatic heterocycles. The van der Waals surface area contributed by atoms with E-state index in [1.807, 2.05) is 0 Å². The van der Waals surface area contributed by atoms with Crippen LogP contribution in [-0.2, 0) is 9.53 Å². The molecule has 1 aliphatic heterocycles. The number of rotatable bonds is 6. The van der Waals surface area contributed by atoms with E-state index in [9.17, 15) is 14.9 Å². The van der Waals surface area contributed by atoms with Gasteiger partial charge in [0.05, 0.1) is 18.1 Å². The molecule has 2 rings (SSSR count). The molecule has 0 saturated carbocycles. The predicted molar refractivity (Wildman–Crippen MR) is 71.5 cm³/mol. The summed E-state index contributed by atoms with van der Waals surface area (Å²) in [6, 6.07) is 2.69. The third-order valence-corrected chi connectivity index (χ3v) is 3.13. The van der Waals surface area contributed by atoms with E-state index >= 15 is 0 Å². The van der Waals surface area contributed by atoms with Crippen LogP contribution in [0.4, 0.5) is 11.5 Å². The van der Waals surface area contributed by atoms with Gasteiger partial charge in [-0.2, -0.15) is 4.98 Å². The van der Waals surface area contributed by atoms with Gasteiger partial charge in [-0.15, -0.1) is 0 Å². The van der Waals surface area contributed by atoms with Crippen LogP contribution in [-0.4, -0.2) is 46.8 Å². The molecule has 2 N–H and O–H groups in total. The average molecular weight is 297 g/mol. The van der Waals surface area contributed by atoms with Gasteiger partial charge in [0, 0.05) is 18.7 Å². The van der Waals surface area contributed by atoms with Crippen molar-refractivity contribution in [3.05, 3.63) is 22.2 Å². The molecule has 2 atom stereocenters. The minimum Gasteiger partial charge on any atom is -0.481 e. The lowest BCUT2D eigenvalue weighted by molar-refractivity contribution is -0.384. The fourth-order valence-corrected chi connectivity index (χ4v) is 2.07. The van der Waals surface area contributed by atoms with Gasteiger partial charge >= 0.3 is 11.7 Å². The number of carboxylic acids is 1. The fraction of sp³-hybridized carbons (Fsp3) is 0.500. The number of ether oxygens (including phenoxy) is 2. The fourth-order valence-electron chi connectivity index (χ4n) is 2.07. The summed E-state index contributed by atoms with van der Waals surface area (Å²) in [5, 5.41) is 22.6. The second-order valence-corrected chi connectivity index (χ2v) is 4.52. The number of nitrogens with one attached hydrogen (secondary N) is 1. The number of aliphatic carboxylic acids is 1. The van der Waals surface area contributed by atoms with E-state index in [4.69, 9.17) is 14.6 Å². The summed E-state index contributed by atoms with van der Waals surface area (Å²) in [6.07, 6.45) is -0.138. The second kappa shape index (κ2) is 6.35. The maximum Gasteiger partial charge on any atom is 0.332 e. The zero-order chi connectivity index (χ0) is 15.4. The summed E-state index contributed by atoms with van der Waals surface area (Å²) in [7, 11) is 1.41. The van der Waals surface area contributed by atoms with Gasteiger partial charge in [0.1, 0.15) is 0 Å². The van der Waals surface area contributed by atoms with Crippen LogP contribution in [0.15, 0.2) is 12.1 Å². The summed E-state index contributed by atoms with van der Waals surface area (Å²) < 4.78 is 10.2. The van der Waals surface area contributed by atoms with Crippen LogP contribution in [0.2, 0.25) is 0 Å². The lowest BCUT2D eigenvalue weighted by Crippen LogP contribution is -2.25. The smallest absolute Gasteiger partial charge is 0.332 e. The Morgan fingerprint density at radius 3 is 2.95 bits per heavy atom. The summed E-state index contributed by atoms with van der Waals surface area (Å²) in [5.41, 5.74) is -0.177. The first kappa shape index (κ1) is 15.0. The minimum absolute atomic E-state index is 0.0710. The van der Waals surface area contributed by atoms with E-state index in [0.29, 0.717) is 12.8 Å². The number of anilines is 1. The standard InChI is InChI=1S/C12H15N3O6/c1-20-10-5-3-8(15(18)19)11(14-10)13-6-7-2-4-9(21-7)12(16)17/h3,5,7,9H,2,4,6H2,1H3,(H,13,14)(H,16,17).